The van der Waals surface area contributed by atoms with E-state index in [9.17, 15) is 9.59 Å². The highest BCUT2D eigenvalue weighted by Crippen LogP contribution is 2.27. The average molecular weight is 474 g/mol. The van der Waals surface area contributed by atoms with E-state index in [1.165, 1.54) is 0 Å². The van der Waals surface area contributed by atoms with Gasteiger partial charge in [0.25, 0.3) is 11.8 Å². The number of hydrogen-bond donors (Lipinski definition) is 2. The number of carbonyl (C=O) groups is 2. The summed E-state index contributed by atoms with van der Waals surface area (Å²) in [6.45, 7) is 0.301. The monoisotopic (exact) mass is 472 g/mol. The zero-order chi connectivity index (χ0) is 20.6. The Morgan fingerprint density at radius 3 is 2.38 bits per heavy atom. The molecule has 0 spiro atoms. The summed E-state index contributed by atoms with van der Waals surface area (Å²) in [6.07, 6.45) is 0. The normalized spacial score (nSPS) is 10.3. The van der Waals surface area contributed by atoms with E-state index in [0.717, 1.165) is 5.56 Å². The molecular formula is C22H18BrClN2O3. The summed E-state index contributed by atoms with van der Waals surface area (Å²) >= 11 is 9.21. The van der Waals surface area contributed by atoms with Crippen LogP contribution in [0.3, 0.4) is 0 Å². The predicted octanol–water partition coefficient (Wildman–Crippen LogP) is 5.05. The Labute approximate surface area is 182 Å². The van der Waals surface area contributed by atoms with Crippen LogP contribution in [0, 0.1) is 0 Å². The Morgan fingerprint density at radius 1 is 0.966 bits per heavy atom. The van der Waals surface area contributed by atoms with Gasteiger partial charge in [0.15, 0.2) is 6.61 Å². The second-order valence-electron chi connectivity index (χ2n) is 6.16. The van der Waals surface area contributed by atoms with Crippen molar-refractivity contribution in [3.63, 3.8) is 0 Å². The van der Waals surface area contributed by atoms with Gasteiger partial charge in [-0.05, 0) is 64.0 Å². The first-order valence-electron chi connectivity index (χ1n) is 8.81. The molecule has 2 amide bonds. The van der Waals surface area contributed by atoms with E-state index in [0.29, 0.717) is 33.0 Å². The third-order valence-corrected chi connectivity index (χ3v) is 4.83. The van der Waals surface area contributed by atoms with Gasteiger partial charge in [-0.3, -0.25) is 9.59 Å². The number of anilines is 1. The molecule has 0 saturated carbocycles. The molecule has 0 unspecified atom stereocenters. The van der Waals surface area contributed by atoms with Gasteiger partial charge in [0, 0.05) is 22.8 Å². The van der Waals surface area contributed by atoms with Crippen molar-refractivity contribution in [1.29, 1.82) is 0 Å². The van der Waals surface area contributed by atoms with E-state index in [1.807, 2.05) is 30.3 Å². The van der Waals surface area contributed by atoms with Crippen molar-refractivity contribution in [2.75, 3.05) is 11.9 Å². The van der Waals surface area contributed by atoms with Crippen LogP contribution in [0.1, 0.15) is 15.9 Å². The molecule has 3 aromatic rings. The minimum atomic E-state index is -0.312. The molecule has 5 nitrogen and oxygen atoms in total. The van der Waals surface area contributed by atoms with E-state index in [2.05, 4.69) is 26.6 Å². The molecule has 0 bridgehead atoms. The lowest BCUT2D eigenvalue weighted by Gasteiger charge is -2.10. The maximum absolute atomic E-state index is 12.2. The van der Waals surface area contributed by atoms with E-state index in [1.54, 1.807) is 42.5 Å². The maximum Gasteiger partial charge on any atom is 0.262 e. The molecule has 0 radical (unpaired) electrons. The Hall–Kier alpha value is -2.83. The van der Waals surface area contributed by atoms with Crippen molar-refractivity contribution in [2.45, 2.75) is 6.54 Å². The maximum atomic E-state index is 12.2. The molecule has 0 heterocycles. The molecule has 0 aromatic heterocycles. The molecule has 3 rings (SSSR count). The second-order valence-corrected chi connectivity index (χ2v) is 7.45. The van der Waals surface area contributed by atoms with Gasteiger partial charge in [-0.1, -0.05) is 41.9 Å². The fraction of sp³-hybridized carbons (Fsp3) is 0.0909. The lowest BCUT2D eigenvalue weighted by atomic mass is 10.1. The van der Waals surface area contributed by atoms with Crippen molar-refractivity contribution in [1.82, 2.24) is 5.32 Å². The second kappa shape index (κ2) is 10.1. The van der Waals surface area contributed by atoms with Gasteiger partial charge in [-0.15, -0.1) is 0 Å². The Balaban J connectivity index is 1.49. The molecule has 2 N–H and O–H groups in total. The van der Waals surface area contributed by atoms with Gasteiger partial charge in [0.2, 0.25) is 0 Å². The summed E-state index contributed by atoms with van der Waals surface area (Å²) in [5, 5.41) is 6.16. The number of hydrogen-bond acceptors (Lipinski definition) is 3. The van der Waals surface area contributed by atoms with Crippen LogP contribution in [0.2, 0.25) is 5.02 Å². The lowest BCUT2D eigenvalue weighted by molar-refractivity contribution is -0.118. The minimum Gasteiger partial charge on any atom is -0.483 e. The minimum absolute atomic E-state index is 0.153. The average Bonchev–Trinajstić information content (AvgIpc) is 2.72. The third kappa shape index (κ3) is 6.34. The Kier molecular flexibility index (Phi) is 7.27. The van der Waals surface area contributed by atoms with E-state index in [4.69, 9.17) is 16.3 Å². The fourth-order valence-electron chi connectivity index (χ4n) is 2.52. The fourth-order valence-corrected chi connectivity index (χ4v) is 3.31. The van der Waals surface area contributed by atoms with Crippen molar-refractivity contribution in [3.05, 3.63) is 93.4 Å². The van der Waals surface area contributed by atoms with Crippen molar-refractivity contribution in [3.8, 4) is 5.75 Å². The molecule has 7 heteroatoms. The SMILES string of the molecule is O=C(COc1ccc(Cl)cc1Br)Nc1ccc(C(=O)NCc2ccccc2)cc1. The van der Waals surface area contributed by atoms with Crippen molar-refractivity contribution in [2.24, 2.45) is 0 Å². The summed E-state index contributed by atoms with van der Waals surface area (Å²) in [6, 6.07) is 21.4. The smallest absolute Gasteiger partial charge is 0.262 e. The summed E-state index contributed by atoms with van der Waals surface area (Å²) in [4.78, 5) is 24.3. The topological polar surface area (TPSA) is 67.4 Å². The molecule has 0 aliphatic heterocycles. The largest absolute Gasteiger partial charge is 0.483 e. The molecule has 148 valence electrons. The zero-order valence-corrected chi connectivity index (χ0v) is 17.7. The zero-order valence-electron chi connectivity index (χ0n) is 15.3. The highest BCUT2D eigenvalue weighted by molar-refractivity contribution is 9.10. The molecular weight excluding hydrogens is 456 g/mol. The van der Waals surface area contributed by atoms with E-state index >= 15 is 0 Å². The van der Waals surface area contributed by atoms with Gasteiger partial charge in [0.1, 0.15) is 5.75 Å². The summed E-state index contributed by atoms with van der Waals surface area (Å²) in [5.41, 5.74) is 2.12. The van der Waals surface area contributed by atoms with Crippen LogP contribution >= 0.6 is 27.5 Å². The van der Waals surface area contributed by atoms with Crippen molar-refractivity contribution >= 4 is 45.0 Å². The van der Waals surface area contributed by atoms with Crippen LogP contribution in [-0.4, -0.2) is 18.4 Å². The molecule has 0 aliphatic carbocycles. The first-order chi connectivity index (χ1) is 14.0. The molecule has 29 heavy (non-hydrogen) atoms. The number of rotatable bonds is 7. The Morgan fingerprint density at radius 2 is 1.69 bits per heavy atom. The molecule has 0 fully saturated rings. The highest BCUT2D eigenvalue weighted by Gasteiger charge is 2.09. The summed E-state index contributed by atoms with van der Waals surface area (Å²) in [7, 11) is 0. The quantitative estimate of drug-likeness (QED) is 0.505. The molecule has 0 saturated heterocycles. The van der Waals surface area contributed by atoms with Crippen LogP contribution in [0.4, 0.5) is 5.69 Å². The number of benzene rings is 3. The Bertz CT molecular complexity index is 995. The van der Waals surface area contributed by atoms with Gasteiger partial charge < -0.3 is 15.4 Å². The van der Waals surface area contributed by atoms with E-state index < -0.39 is 0 Å². The number of halogens is 2. The van der Waals surface area contributed by atoms with Gasteiger partial charge in [0.05, 0.1) is 4.47 Å². The third-order valence-electron chi connectivity index (χ3n) is 3.98. The van der Waals surface area contributed by atoms with Crippen molar-refractivity contribution < 1.29 is 14.3 Å². The number of amides is 2. The highest BCUT2D eigenvalue weighted by atomic mass is 79.9. The van der Waals surface area contributed by atoms with Gasteiger partial charge >= 0.3 is 0 Å². The summed E-state index contributed by atoms with van der Waals surface area (Å²) in [5.74, 6) is 0.0331. The van der Waals surface area contributed by atoms with Crippen LogP contribution in [0.5, 0.6) is 5.75 Å². The lowest BCUT2D eigenvalue weighted by Crippen LogP contribution is -2.23. The van der Waals surface area contributed by atoms with Crippen LogP contribution < -0.4 is 15.4 Å². The number of carbonyl (C=O) groups excluding carboxylic acids is 2. The molecule has 0 atom stereocenters. The van der Waals surface area contributed by atoms with E-state index in [-0.39, 0.29) is 18.4 Å². The standard InChI is InChI=1S/C22H18BrClN2O3/c23-19-12-17(24)8-11-20(19)29-14-21(27)26-18-9-6-16(7-10-18)22(28)25-13-15-4-2-1-3-5-15/h1-12H,13-14H2,(H,25,28)(H,26,27). The number of ether oxygens (including phenoxy) is 1. The molecule has 0 aliphatic rings. The predicted molar refractivity (Wildman–Crippen MR) is 117 cm³/mol. The molecule has 3 aromatic carbocycles. The van der Waals surface area contributed by atoms with Crippen LogP contribution in [0.25, 0.3) is 0 Å². The van der Waals surface area contributed by atoms with Crippen LogP contribution in [0.15, 0.2) is 77.3 Å². The van der Waals surface area contributed by atoms with Gasteiger partial charge in [-0.25, -0.2) is 0 Å². The first-order valence-corrected chi connectivity index (χ1v) is 9.98. The van der Waals surface area contributed by atoms with Gasteiger partial charge in [-0.2, -0.15) is 0 Å². The van der Waals surface area contributed by atoms with Crippen LogP contribution in [-0.2, 0) is 11.3 Å². The first kappa shape index (κ1) is 20.9. The number of nitrogens with one attached hydrogen (secondary N) is 2. The summed E-state index contributed by atoms with van der Waals surface area (Å²) < 4.78 is 6.15.